The van der Waals surface area contributed by atoms with Crippen molar-refractivity contribution in [3.8, 4) is 6.07 Å². The Kier molecular flexibility index (Phi) is 4.98. The number of nitrogens with one attached hydrogen (secondary N) is 1. The number of sulfonamides is 1. The van der Waals surface area contributed by atoms with E-state index in [1.54, 1.807) is 0 Å². The number of benzene rings is 1. The molecule has 0 bridgehead atoms. The molecular weight excluding hydrogens is 331 g/mol. The zero-order valence-corrected chi connectivity index (χ0v) is 12.9. The molecule has 3 N–H and O–H groups in total. The van der Waals surface area contributed by atoms with E-state index in [4.69, 9.17) is 11.0 Å². The highest BCUT2D eigenvalue weighted by atomic mass is 32.2. The number of alkyl halides is 3. The minimum Gasteiger partial charge on any atom is -0.328 e. The van der Waals surface area contributed by atoms with Crippen LogP contribution in [0.1, 0.15) is 36.8 Å². The molecule has 0 saturated heterocycles. The average Bonchev–Trinajstić information content (AvgIpc) is 2.48. The van der Waals surface area contributed by atoms with Crippen molar-refractivity contribution in [1.29, 1.82) is 5.26 Å². The molecule has 5 nitrogen and oxygen atoms in total. The summed E-state index contributed by atoms with van der Waals surface area (Å²) in [6.07, 6.45) is -2.19. The fourth-order valence-electron chi connectivity index (χ4n) is 2.55. The monoisotopic (exact) mass is 347 g/mol. The van der Waals surface area contributed by atoms with Gasteiger partial charge in [0.15, 0.2) is 0 Å². The number of hydrogen-bond acceptors (Lipinski definition) is 4. The Hall–Kier alpha value is -1.63. The molecule has 1 saturated carbocycles. The molecule has 2 rings (SSSR count). The molecule has 126 valence electrons. The highest BCUT2D eigenvalue weighted by Gasteiger charge is 2.34. The van der Waals surface area contributed by atoms with Gasteiger partial charge in [0.1, 0.15) is 0 Å². The molecule has 0 heterocycles. The number of halogens is 3. The molecular formula is C14H16F3N3O2S. The molecule has 0 spiro atoms. The zero-order valence-electron chi connectivity index (χ0n) is 12.1. The summed E-state index contributed by atoms with van der Waals surface area (Å²) in [5, 5.41) is 8.84. The molecule has 1 fully saturated rings. The van der Waals surface area contributed by atoms with E-state index in [0.29, 0.717) is 31.7 Å². The summed E-state index contributed by atoms with van der Waals surface area (Å²) in [6, 6.07) is 3.37. The number of hydrogen-bond donors (Lipinski definition) is 2. The smallest absolute Gasteiger partial charge is 0.328 e. The Morgan fingerprint density at radius 3 is 2.35 bits per heavy atom. The van der Waals surface area contributed by atoms with Gasteiger partial charge < -0.3 is 5.73 Å². The first-order valence-corrected chi connectivity index (χ1v) is 8.51. The fourth-order valence-corrected chi connectivity index (χ4v) is 3.89. The second-order valence-corrected chi connectivity index (χ2v) is 7.26. The van der Waals surface area contributed by atoms with Gasteiger partial charge in [-0.2, -0.15) is 18.4 Å². The van der Waals surface area contributed by atoms with Gasteiger partial charge in [0.2, 0.25) is 10.0 Å². The van der Waals surface area contributed by atoms with Crippen LogP contribution in [0.5, 0.6) is 0 Å². The Balaban J connectivity index is 2.25. The molecule has 1 aliphatic carbocycles. The first-order chi connectivity index (χ1) is 10.6. The lowest BCUT2D eigenvalue weighted by atomic mass is 9.93. The number of nitrogens with two attached hydrogens (primary N) is 1. The van der Waals surface area contributed by atoms with Crippen LogP contribution < -0.4 is 10.5 Å². The molecule has 0 unspecified atom stereocenters. The molecule has 0 aliphatic heterocycles. The Labute approximate surface area is 132 Å². The van der Waals surface area contributed by atoms with E-state index >= 15 is 0 Å². The predicted molar refractivity (Wildman–Crippen MR) is 76.7 cm³/mol. The summed E-state index contributed by atoms with van der Waals surface area (Å²) in [4.78, 5) is -0.350. The van der Waals surface area contributed by atoms with Gasteiger partial charge in [-0.25, -0.2) is 13.1 Å². The van der Waals surface area contributed by atoms with E-state index in [0.717, 1.165) is 12.1 Å². The van der Waals surface area contributed by atoms with Gasteiger partial charge in [-0.15, -0.1) is 0 Å². The summed E-state index contributed by atoms with van der Waals surface area (Å²) in [7, 11) is -3.98. The van der Waals surface area contributed by atoms with Crippen molar-refractivity contribution in [1.82, 2.24) is 4.72 Å². The topological polar surface area (TPSA) is 96.0 Å². The molecule has 9 heteroatoms. The highest BCUT2D eigenvalue weighted by Crippen LogP contribution is 2.33. The minimum atomic E-state index is -4.71. The van der Waals surface area contributed by atoms with Crippen LogP contribution in [-0.2, 0) is 16.2 Å². The van der Waals surface area contributed by atoms with Crippen molar-refractivity contribution < 1.29 is 21.6 Å². The molecule has 23 heavy (non-hydrogen) atoms. The van der Waals surface area contributed by atoms with Crippen LogP contribution in [0.3, 0.4) is 0 Å². The second-order valence-electron chi connectivity index (χ2n) is 5.55. The van der Waals surface area contributed by atoms with Gasteiger partial charge in [-0.05, 0) is 43.9 Å². The van der Waals surface area contributed by atoms with E-state index in [-0.39, 0.29) is 17.0 Å². The standard InChI is InChI=1S/C14H16F3N3O2S/c15-14(16,17)13-6-5-12(7-9(13)8-18)23(21,22)20-11-3-1-10(19)2-4-11/h5-7,10-11,20H,1-4,19H2. The lowest BCUT2D eigenvalue weighted by Crippen LogP contribution is -2.40. The van der Waals surface area contributed by atoms with E-state index in [1.165, 1.54) is 6.07 Å². The lowest BCUT2D eigenvalue weighted by Gasteiger charge is -2.26. The minimum absolute atomic E-state index is 0.0482. The van der Waals surface area contributed by atoms with Crippen molar-refractivity contribution in [2.75, 3.05) is 0 Å². The third kappa shape index (κ3) is 4.22. The molecule has 0 atom stereocenters. The molecule has 0 aromatic heterocycles. The molecule has 0 amide bonds. The number of rotatable bonds is 3. The van der Waals surface area contributed by atoms with Crippen molar-refractivity contribution in [3.05, 3.63) is 29.3 Å². The third-order valence-electron chi connectivity index (χ3n) is 3.82. The number of nitrogens with zero attached hydrogens (tertiary/aromatic N) is 1. The predicted octanol–water partition coefficient (Wildman–Crippen LogP) is 2.13. The molecule has 1 aromatic rings. The molecule has 0 radical (unpaired) electrons. The SMILES string of the molecule is N#Cc1cc(S(=O)(=O)NC2CCC(N)CC2)ccc1C(F)(F)F. The van der Waals surface area contributed by atoms with Gasteiger partial charge in [0.25, 0.3) is 0 Å². The van der Waals surface area contributed by atoms with Crippen molar-refractivity contribution >= 4 is 10.0 Å². The van der Waals surface area contributed by atoms with Gasteiger partial charge in [-0.3, -0.25) is 0 Å². The van der Waals surface area contributed by atoms with Crippen LogP contribution in [0, 0.1) is 11.3 Å². The summed E-state index contributed by atoms with van der Waals surface area (Å²) < 4.78 is 65.3. The van der Waals surface area contributed by atoms with Crippen molar-refractivity contribution in [2.24, 2.45) is 5.73 Å². The second kappa shape index (κ2) is 6.47. The van der Waals surface area contributed by atoms with Gasteiger partial charge in [0.05, 0.1) is 22.1 Å². The van der Waals surface area contributed by atoms with Crippen LogP contribution in [-0.4, -0.2) is 20.5 Å². The Bertz CT molecular complexity index is 718. The van der Waals surface area contributed by atoms with Gasteiger partial charge >= 0.3 is 6.18 Å². The van der Waals surface area contributed by atoms with Crippen LogP contribution in [0.2, 0.25) is 0 Å². The Morgan fingerprint density at radius 2 is 1.83 bits per heavy atom. The van der Waals surface area contributed by atoms with E-state index < -0.39 is 27.3 Å². The van der Waals surface area contributed by atoms with E-state index in [9.17, 15) is 21.6 Å². The number of nitriles is 1. The Morgan fingerprint density at radius 1 is 1.22 bits per heavy atom. The zero-order chi connectivity index (χ0) is 17.3. The highest BCUT2D eigenvalue weighted by molar-refractivity contribution is 7.89. The van der Waals surface area contributed by atoms with Crippen LogP contribution in [0.15, 0.2) is 23.1 Å². The van der Waals surface area contributed by atoms with Gasteiger partial charge in [-0.1, -0.05) is 0 Å². The first-order valence-electron chi connectivity index (χ1n) is 7.03. The van der Waals surface area contributed by atoms with Crippen molar-refractivity contribution in [3.63, 3.8) is 0 Å². The van der Waals surface area contributed by atoms with E-state index in [2.05, 4.69) is 4.72 Å². The maximum atomic E-state index is 12.7. The normalized spacial score (nSPS) is 22.6. The van der Waals surface area contributed by atoms with Gasteiger partial charge in [0, 0.05) is 12.1 Å². The van der Waals surface area contributed by atoms with Crippen LogP contribution >= 0.6 is 0 Å². The first kappa shape index (κ1) is 17.7. The third-order valence-corrected chi connectivity index (χ3v) is 5.34. The maximum absolute atomic E-state index is 12.7. The molecule has 1 aromatic carbocycles. The fraction of sp³-hybridized carbons (Fsp3) is 0.500. The average molecular weight is 347 g/mol. The van der Waals surface area contributed by atoms with Crippen molar-refractivity contribution in [2.45, 2.75) is 48.8 Å². The largest absolute Gasteiger partial charge is 0.417 e. The maximum Gasteiger partial charge on any atom is 0.417 e. The van der Waals surface area contributed by atoms with Crippen LogP contribution in [0.25, 0.3) is 0 Å². The summed E-state index contributed by atoms with van der Waals surface area (Å²) >= 11 is 0. The quantitative estimate of drug-likeness (QED) is 0.875. The molecule has 1 aliphatic rings. The van der Waals surface area contributed by atoms with E-state index in [1.807, 2.05) is 0 Å². The summed E-state index contributed by atoms with van der Waals surface area (Å²) in [5.41, 5.74) is 3.88. The lowest BCUT2D eigenvalue weighted by molar-refractivity contribution is -0.137. The van der Waals surface area contributed by atoms with Crippen LogP contribution in [0.4, 0.5) is 13.2 Å². The summed E-state index contributed by atoms with van der Waals surface area (Å²) in [5.74, 6) is 0. The summed E-state index contributed by atoms with van der Waals surface area (Å²) in [6.45, 7) is 0.